The molecule has 0 spiro atoms. The Kier molecular flexibility index (Phi) is 5.05. The van der Waals surface area contributed by atoms with E-state index >= 15 is 0 Å². The smallest absolute Gasteiger partial charge is 0.0802 e. The van der Waals surface area contributed by atoms with Crippen molar-refractivity contribution in [1.29, 1.82) is 0 Å². The number of benzene rings is 1. The second-order valence-electron chi connectivity index (χ2n) is 4.65. The summed E-state index contributed by atoms with van der Waals surface area (Å²) in [6, 6.07) is 11.1. The highest BCUT2D eigenvalue weighted by Crippen LogP contribution is 2.24. The third-order valence-corrected chi connectivity index (χ3v) is 4.08. The largest absolute Gasteiger partial charge is 0.308 e. The second-order valence-corrected chi connectivity index (χ2v) is 5.74. The van der Waals surface area contributed by atoms with Crippen LogP contribution in [0.15, 0.2) is 41.4 Å². The van der Waals surface area contributed by atoms with Gasteiger partial charge in [0.15, 0.2) is 0 Å². The number of aryl methyl sites for hydroxylation is 2. The topological polar surface area (TPSA) is 29.9 Å². The predicted molar refractivity (Wildman–Crippen MR) is 81.5 cm³/mol. The zero-order chi connectivity index (χ0) is 13.7. The lowest BCUT2D eigenvalue weighted by molar-refractivity contribution is 0.578. The van der Waals surface area contributed by atoms with Crippen LogP contribution in [-0.2, 0) is 7.05 Å². The molecule has 0 aliphatic rings. The van der Waals surface area contributed by atoms with Crippen molar-refractivity contribution in [2.75, 3.05) is 12.3 Å². The molecule has 3 nitrogen and oxygen atoms in total. The first-order valence-corrected chi connectivity index (χ1v) is 7.60. The van der Waals surface area contributed by atoms with Crippen molar-refractivity contribution in [1.82, 2.24) is 15.1 Å². The van der Waals surface area contributed by atoms with Gasteiger partial charge in [0.2, 0.25) is 0 Å². The van der Waals surface area contributed by atoms with Crippen molar-refractivity contribution < 1.29 is 0 Å². The molecule has 0 aliphatic carbocycles. The van der Waals surface area contributed by atoms with Crippen LogP contribution in [0.25, 0.3) is 0 Å². The normalized spacial score (nSPS) is 12.6. The molecule has 1 atom stereocenters. The summed E-state index contributed by atoms with van der Waals surface area (Å²) in [4.78, 5) is 1.31. The van der Waals surface area contributed by atoms with Gasteiger partial charge in [-0.3, -0.25) is 4.68 Å². The average Bonchev–Trinajstić information content (AvgIpc) is 2.83. The number of hydrogen-bond acceptors (Lipinski definition) is 3. The van der Waals surface area contributed by atoms with E-state index in [-0.39, 0.29) is 0 Å². The van der Waals surface area contributed by atoms with E-state index in [1.54, 1.807) is 0 Å². The minimum atomic E-state index is 0.303. The van der Waals surface area contributed by atoms with E-state index in [2.05, 4.69) is 54.6 Å². The van der Waals surface area contributed by atoms with E-state index in [0.717, 1.165) is 18.0 Å². The molecule has 19 heavy (non-hydrogen) atoms. The third kappa shape index (κ3) is 4.11. The summed E-state index contributed by atoms with van der Waals surface area (Å²) in [5.41, 5.74) is 2.42. The molecule has 2 rings (SSSR count). The van der Waals surface area contributed by atoms with Crippen LogP contribution in [0, 0.1) is 6.92 Å². The highest BCUT2D eigenvalue weighted by molar-refractivity contribution is 7.99. The van der Waals surface area contributed by atoms with Crippen molar-refractivity contribution in [3.63, 3.8) is 0 Å². The molecule has 0 aliphatic heterocycles. The Morgan fingerprint density at radius 1 is 1.26 bits per heavy atom. The van der Waals surface area contributed by atoms with Crippen LogP contribution in [0.2, 0.25) is 0 Å². The van der Waals surface area contributed by atoms with Crippen molar-refractivity contribution >= 4 is 11.8 Å². The minimum absolute atomic E-state index is 0.303. The zero-order valence-corrected chi connectivity index (χ0v) is 12.6. The monoisotopic (exact) mass is 275 g/mol. The summed E-state index contributed by atoms with van der Waals surface area (Å²) in [7, 11) is 1.96. The van der Waals surface area contributed by atoms with Gasteiger partial charge in [-0.25, -0.2) is 0 Å². The first-order valence-electron chi connectivity index (χ1n) is 6.61. The van der Waals surface area contributed by atoms with E-state index < -0.39 is 0 Å². The zero-order valence-electron chi connectivity index (χ0n) is 11.8. The van der Waals surface area contributed by atoms with Crippen molar-refractivity contribution in [2.45, 2.75) is 24.8 Å². The molecule has 0 fully saturated rings. The van der Waals surface area contributed by atoms with Crippen LogP contribution in [0.4, 0.5) is 0 Å². The van der Waals surface area contributed by atoms with Gasteiger partial charge in [-0.05, 0) is 31.7 Å². The fourth-order valence-electron chi connectivity index (χ4n) is 1.93. The highest BCUT2D eigenvalue weighted by atomic mass is 32.2. The Morgan fingerprint density at radius 3 is 2.58 bits per heavy atom. The molecular weight excluding hydrogens is 254 g/mol. The molecule has 0 radical (unpaired) electrons. The summed E-state index contributed by atoms with van der Waals surface area (Å²) in [5.74, 6) is 0.994. The van der Waals surface area contributed by atoms with E-state index in [1.807, 2.05) is 29.7 Å². The van der Waals surface area contributed by atoms with Crippen LogP contribution in [0.5, 0.6) is 0 Å². The minimum Gasteiger partial charge on any atom is -0.308 e. The van der Waals surface area contributed by atoms with Gasteiger partial charge in [0, 0.05) is 23.9 Å². The second kappa shape index (κ2) is 6.78. The molecule has 1 heterocycles. The van der Waals surface area contributed by atoms with E-state index in [1.165, 1.54) is 10.5 Å². The Balaban J connectivity index is 1.99. The number of hydrogen-bond donors (Lipinski definition) is 1. The lowest BCUT2D eigenvalue weighted by Gasteiger charge is -2.15. The van der Waals surface area contributed by atoms with Crippen molar-refractivity contribution in [3.05, 3.63) is 47.8 Å². The Bertz CT molecular complexity index is 504. The number of rotatable bonds is 6. The Labute approximate surface area is 119 Å². The molecule has 2 aromatic rings. The van der Waals surface area contributed by atoms with E-state index in [9.17, 15) is 0 Å². The summed E-state index contributed by atoms with van der Waals surface area (Å²) in [6.07, 6.45) is 2.00. The maximum atomic E-state index is 4.50. The molecule has 0 amide bonds. The van der Waals surface area contributed by atoms with Gasteiger partial charge in [-0.15, -0.1) is 11.8 Å². The van der Waals surface area contributed by atoms with Crippen LogP contribution < -0.4 is 5.32 Å². The fraction of sp³-hybridized carbons (Fsp3) is 0.400. The first kappa shape index (κ1) is 14.2. The summed E-state index contributed by atoms with van der Waals surface area (Å²) >= 11 is 1.87. The summed E-state index contributed by atoms with van der Waals surface area (Å²) in [5, 5.41) is 7.99. The van der Waals surface area contributed by atoms with Gasteiger partial charge >= 0.3 is 0 Å². The third-order valence-electron chi connectivity index (χ3n) is 2.98. The van der Waals surface area contributed by atoms with Crippen LogP contribution in [-0.4, -0.2) is 22.1 Å². The number of aromatic nitrogens is 2. The van der Waals surface area contributed by atoms with Crippen LogP contribution in [0.3, 0.4) is 0 Å². The van der Waals surface area contributed by atoms with Gasteiger partial charge in [0.25, 0.3) is 0 Å². The molecule has 1 unspecified atom stereocenters. The molecule has 102 valence electrons. The fourth-order valence-corrected chi connectivity index (χ4v) is 2.90. The Hall–Kier alpha value is -1.26. The SMILES string of the molecule is CCNC(CSc1ccc(C)cc1)c1ccn(C)n1. The summed E-state index contributed by atoms with van der Waals surface area (Å²) < 4.78 is 1.86. The lowest BCUT2D eigenvalue weighted by Crippen LogP contribution is -2.23. The molecule has 4 heteroatoms. The molecule has 1 aromatic heterocycles. The molecule has 1 aromatic carbocycles. The lowest BCUT2D eigenvalue weighted by atomic mass is 10.2. The maximum Gasteiger partial charge on any atom is 0.0802 e. The molecular formula is C15H21N3S. The van der Waals surface area contributed by atoms with Gasteiger partial charge in [-0.2, -0.15) is 5.10 Å². The molecule has 1 N–H and O–H groups in total. The van der Waals surface area contributed by atoms with Crippen LogP contribution >= 0.6 is 11.8 Å². The maximum absolute atomic E-state index is 4.50. The van der Waals surface area contributed by atoms with Crippen molar-refractivity contribution in [3.8, 4) is 0 Å². The standard InChI is InChI=1S/C15H21N3S/c1-4-16-15(14-9-10-18(3)17-14)11-19-13-7-5-12(2)6-8-13/h5-10,15-16H,4,11H2,1-3H3. The Morgan fingerprint density at radius 2 is 2.00 bits per heavy atom. The van der Waals surface area contributed by atoms with Gasteiger partial charge in [-0.1, -0.05) is 24.6 Å². The van der Waals surface area contributed by atoms with E-state index in [4.69, 9.17) is 0 Å². The first-order chi connectivity index (χ1) is 9.19. The van der Waals surface area contributed by atoms with Crippen molar-refractivity contribution in [2.24, 2.45) is 7.05 Å². The molecule has 0 saturated carbocycles. The molecule has 0 bridgehead atoms. The van der Waals surface area contributed by atoms with E-state index in [0.29, 0.717) is 6.04 Å². The number of nitrogens with one attached hydrogen (secondary N) is 1. The quantitative estimate of drug-likeness (QED) is 0.821. The highest BCUT2D eigenvalue weighted by Gasteiger charge is 2.13. The van der Waals surface area contributed by atoms with Gasteiger partial charge in [0.05, 0.1) is 11.7 Å². The van der Waals surface area contributed by atoms with Gasteiger partial charge < -0.3 is 5.32 Å². The number of thioether (sulfide) groups is 1. The number of nitrogens with zero attached hydrogens (tertiary/aromatic N) is 2. The van der Waals surface area contributed by atoms with Gasteiger partial charge in [0.1, 0.15) is 0 Å². The molecule has 0 saturated heterocycles. The average molecular weight is 275 g/mol. The summed E-state index contributed by atoms with van der Waals surface area (Å²) in [6.45, 7) is 5.20. The van der Waals surface area contributed by atoms with Crippen LogP contribution in [0.1, 0.15) is 24.2 Å². The predicted octanol–water partition coefficient (Wildman–Crippen LogP) is 3.17.